The highest BCUT2D eigenvalue weighted by molar-refractivity contribution is 5.95. The third-order valence-corrected chi connectivity index (χ3v) is 3.63. The number of hydrogen-bond donors (Lipinski definition) is 1. The molecule has 0 fully saturated rings. The summed E-state index contributed by atoms with van der Waals surface area (Å²) in [5, 5.41) is 2.58. The van der Waals surface area contributed by atoms with Gasteiger partial charge in [0.2, 0.25) is 0 Å². The zero-order valence-electron chi connectivity index (χ0n) is 16.5. The van der Waals surface area contributed by atoms with Crippen LogP contribution >= 0.6 is 0 Å². The zero-order chi connectivity index (χ0) is 21.2. The SMILES string of the molecule is COc1ccccc1/C=C/C(=O)OCC(=O)Nc1ccc(C(=O)OC(C)C)cc1. The summed E-state index contributed by atoms with van der Waals surface area (Å²) in [6.07, 6.45) is 2.56. The predicted octanol–water partition coefficient (Wildman–Crippen LogP) is 3.46. The van der Waals surface area contributed by atoms with E-state index in [9.17, 15) is 14.4 Å². The van der Waals surface area contributed by atoms with Gasteiger partial charge in [-0.3, -0.25) is 4.79 Å². The second-order valence-electron chi connectivity index (χ2n) is 6.26. The average molecular weight is 397 g/mol. The lowest BCUT2D eigenvalue weighted by Crippen LogP contribution is -2.20. The second kappa shape index (κ2) is 10.7. The van der Waals surface area contributed by atoms with Crippen molar-refractivity contribution in [3.63, 3.8) is 0 Å². The smallest absolute Gasteiger partial charge is 0.338 e. The molecule has 1 amide bonds. The molecule has 29 heavy (non-hydrogen) atoms. The van der Waals surface area contributed by atoms with E-state index < -0.39 is 24.5 Å². The van der Waals surface area contributed by atoms with Crippen LogP contribution < -0.4 is 10.1 Å². The summed E-state index contributed by atoms with van der Waals surface area (Å²) in [5.41, 5.74) is 1.56. The van der Waals surface area contributed by atoms with Crippen molar-refractivity contribution in [2.75, 3.05) is 19.0 Å². The van der Waals surface area contributed by atoms with Gasteiger partial charge in [-0.1, -0.05) is 18.2 Å². The molecule has 0 bridgehead atoms. The topological polar surface area (TPSA) is 90.9 Å². The van der Waals surface area contributed by atoms with Crippen molar-refractivity contribution in [2.24, 2.45) is 0 Å². The van der Waals surface area contributed by atoms with Gasteiger partial charge >= 0.3 is 11.9 Å². The second-order valence-corrected chi connectivity index (χ2v) is 6.26. The summed E-state index contributed by atoms with van der Waals surface area (Å²) in [7, 11) is 1.54. The van der Waals surface area contributed by atoms with Gasteiger partial charge < -0.3 is 19.5 Å². The summed E-state index contributed by atoms with van der Waals surface area (Å²) in [4.78, 5) is 35.5. The van der Waals surface area contributed by atoms with Gasteiger partial charge in [-0.15, -0.1) is 0 Å². The van der Waals surface area contributed by atoms with Crippen molar-refractivity contribution in [3.05, 3.63) is 65.7 Å². The minimum atomic E-state index is -0.655. The van der Waals surface area contributed by atoms with E-state index in [0.29, 0.717) is 22.6 Å². The molecule has 0 radical (unpaired) electrons. The Labute approximate surface area is 169 Å². The van der Waals surface area contributed by atoms with Crippen molar-refractivity contribution in [3.8, 4) is 5.75 Å². The highest BCUT2D eigenvalue weighted by Gasteiger charge is 2.10. The van der Waals surface area contributed by atoms with Crippen molar-refractivity contribution in [1.82, 2.24) is 0 Å². The van der Waals surface area contributed by atoms with E-state index in [4.69, 9.17) is 14.2 Å². The molecular weight excluding hydrogens is 374 g/mol. The maximum absolute atomic E-state index is 11.9. The minimum absolute atomic E-state index is 0.214. The Morgan fingerprint density at radius 2 is 1.72 bits per heavy atom. The maximum Gasteiger partial charge on any atom is 0.338 e. The highest BCUT2D eigenvalue weighted by Crippen LogP contribution is 2.18. The van der Waals surface area contributed by atoms with Gasteiger partial charge in [-0.05, 0) is 50.3 Å². The Balaban J connectivity index is 1.82. The van der Waals surface area contributed by atoms with Gasteiger partial charge in [-0.2, -0.15) is 0 Å². The molecule has 0 saturated heterocycles. The largest absolute Gasteiger partial charge is 0.496 e. The van der Waals surface area contributed by atoms with Crippen LogP contribution in [0.3, 0.4) is 0 Å². The molecule has 0 atom stereocenters. The third kappa shape index (κ3) is 7.14. The third-order valence-electron chi connectivity index (χ3n) is 3.63. The van der Waals surface area contributed by atoms with Gasteiger partial charge in [0.1, 0.15) is 5.75 Å². The van der Waals surface area contributed by atoms with Crippen LogP contribution in [0.25, 0.3) is 6.08 Å². The molecule has 152 valence electrons. The first-order chi connectivity index (χ1) is 13.9. The number of ether oxygens (including phenoxy) is 3. The number of para-hydroxylation sites is 1. The van der Waals surface area contributed by atoms with Crippen LogP contribution in [-0.4, -0.2) is 37.7 Å². The number of benzene rings is 2. The summed E-state index contributed by atoms with van der Waals surface area (Å²) in [5.74, 6) is -0.969. The number of carbonyl (C=O) groups excluding carboxylic acids is 3. The number of carbonyl (C=O) groups is 3. The van der Waals surface area contributed by atoms with Gasteiger partial charge in [0, 0.05) is 17.3 Å². The Bertz CT molecular complexity index is 886. The van der Waals surface area contributed by atoms with E-state index in [0.717, 1.165) is 0 Å². The normalized spacial score (nSPS) is 10.6. The summed E-state index contributed by atoms with van der Waals surface area (Å²) >= 11 is 0. The van der Waals surface area contributed by atoms with Crippen molar-refractivity contribution >= 4 is 29.6 Å². The fraction of sp³-hybridized carbons (Fsp3) is 0.227. The van der Waals surface area contributed by atoms with Crippen LogP contribution in [0.5, 0.6) is 5.75 Å². The van der Waals surface area contributed by atoms with Gasteiger partial charge in [0.15, 0.2) is 6.61 Å². The molecule has 0 unspecified atom stereocenters. The van der Waals surface area contributed by atoms with Crippen LogP contribution in [-0.2, 0) is 19.1 Å². The Kier molecular flexibility index (Phi) is 7.97. The standard InChI is InChI=1S/C22H23NO6/c1-15(2)29-22(26)17-8-11-18(12-9-17)23-20(24)14-28-21(25)13-10-16-6-4-5-7-19(16)27-3/h4-13,15H,14H2,1-3H3,(H,23,24)/b13-10+. The van der Waals surface area contributed by atoms with Gasteiger partial charge in [0.25, 0.3) is 5.91 Å². The fourth-order valence-corrected chi connectivity index (χ4v) is 2.32. The quantitative estimate of drug-likeness (QED) is 0.542. The number of rotatable bonds is 8. The van der Waals surface area contributed by atoms with E-state index in [2.05, 4.69) is 5.32 Å². The van der Waals surface area contributed by atoms with Crippen LogP contribution in [0.15, 0.2) is 54.6 Å². The number of esters is 2. The van der Waals surface area contributed by atoms with Crippen LogP contribution in [0.2, 0.25) is 0 Å². The number of hydrogen-bond acceptors (Lipinski definition) is 6. The van der Waals surface area contributed by atoms with Crippen LogP contribution in [0, 0.1) is 0 Å². The minimum Gasteiger partial charge on any atom is -0.496 e. The summed E-state index contributed by atoms with van der Waals surface area (Å²) < 4.78 is 15.2. The molecule has 7 nitrogen and oxygen atoms in total. The molecule has 2 rings (SSSR count). The fourth-order valence-electron chi connectivity index (χ4n) is 2.32. The molecular formula is C22H23NO6. The first-order valence-electron chi connectivity index (χ1n) is 8.98. The molecule has 2 aromatic carbocycles. The van der Waals surface area contributed by atoms with Crippen LogP contribution in [0.4, 0.5) is 5.69 Å². The maximum atomic E-state index is 11.9. The Hall–Kier alpha value is -3.61. The summed E-state index contributed by atoms with van der Waals surface area (Å²) in [6.45, 7) is 3.09. The van der Waals surface area contributed by atoms with Gasteiger partial charge in [0.05, 0.1) is 18.8 Å². The molecule has 0 aliphatic rings. The van der Waals surface area contributed by atoms with E-state index in [1.807, 2.05) is 12.1 Å². The lowest BCUT2D eigenvalue weighted by atomic mass is 10.2. The molecule has 7 heteroatoms. The van der Waals surface area contributed by atoms with Crippen LogP contribution in [0.1, 0.15) is 29.8 Å². The van der Waals surface area contributed by atoms with E-state index in [1.54, 1.807) is 56.3 Å². The molecule has 0 aliphatic carbocycles. The number of nitrogens with one attached hydrogen (secondary N) is 1. The monoisotopic (exact) mass is 397 g/mol. The molecule has 0 heterocycles. The Morgan fingerprint density at radius 1 is 1.03 bits per heavy atom. The molecule has 0 aliphatic heterocycles. The molecule has 0 aromatic heterocycles. The highest BCUT2D eigenvalue weighted by atomic mass is 16.5. The van der Waals surface area contributed by atoms with Crippen molar-refractivity contribution in [1.29, 1.82) is 0 Å². The predicted molar refractivity (Wildman–Crippen MR) is 109 cm³/mol. The number of anilines is 1. The number of amides is 1. The van der Waals surface area contributed by atoms with E-state index in [-0.39, 0.29) is 6.10 Å². The van der Waals surface area contributed by atoms with Crippen molar-refractivity contribution < 1.29 is 28.6 Å². The molecule has 0 spiro atoms. The lowest BCUT2D eigenvalue weighted by molar-refractivity contribution is -0.142. The van der Waals surface area contributed by atoms with E-state index in [1.165, 1.54) is 13.2 Å². The van der Waals surface area contributed by atoms with E-state index >= 15 is 0 Å². The molecule has 2 aromatic rings. The Morgan fingerprint density at radius 3 is 2.38 bits per heavy atom. The molecule has 1 N–H and O–H groups in total. The van der Waals surface area contributed by atoms with Gasteiger partial charge in [-0.25, -0.2) is 9.59 Å². The van der Waals surface area contributed by atoms with Crippen molar-refractivity contribution in [2.45, 2.75) is 20.0 Å². The average Bonchev–Trinajstić information content (AvgIpc) is 2.71. The molecule has 0 saturated carbocycles. The first-order valence-corrected chi connectivity index (χ1v) is 8.98. The lowest BCUT2D eigenvalue weighted by Gasteiger charge is -2.09. The summed E-state index contributed by atoms with van der Waals surface area (Å²) in [6, 6.07) is 13.4. The number of methoxy groups -OCH3 is 1. The zero-order valence-corrected chi connectivity index (χ0v) is 16.5. The first kappa shape index (κ1) is 21.7.